The lowest BCUT2D eigenvalue weighted by atomic mass is 10.3. The topological polar surface area (TPSA) is 122 Å². The SMILES string of the molecule is CC(=O)CC(=O)OC(CO)COP(=O)([O-])OCC[N+](C)(C)C. The Morgan fingerprint density at radius 2 is 1.86 bits per heavy atom. The summed E-state index contributed by atoms with van der Waals surface area (Å²) in [6.07, 6.45) is -1.64. The summed E-state index contributed by atoms with van der Waals surface area (Å²) in [6.45, 7) is 0.387. The number of ketones is 1. The second-order valence-electron chi connectivity index (χ2n) is 5.76. The van der Waals surface area contributed by atoms with Crippen molar-refractivity contribution in [2.75, 3.05) is 47.5 Å². The molecule has 1 N–H and O–H groups in total. The van der Waals surface area contributed by atoms with Gasteiger partial charge in [0.1, 0.15) is 31.5 Å². The van der Waals surface area contributed by atoms with E-state index in [9.17, 15) is 19.0 Å². The Kier molecular flexibility index (Phi) is 8.99. The van der Waals surface area contributed by atoms with E-state index in [2.05, 4.69) is 9.05 Å². The van der Waals surface area contributed by atoms with Crippen LogP contribution in [-0.4, -0.2) is 75.0 Å². The average molecular weight is 341 g/mol. The van der Waals surface area contributed by atoms with Crippen molar-refractivity contribution < 1.29 is 42.4 Å². The zero-order valence-corrected chi connectivity index (χ0v) is 14.2. The number of Topliss-reactive ketones (excluding diaryl/α,β-unsaturated/α-hetero) is 1. The zero-order chi connectivity index (χ0) is 17.4. The number of esters is 1. The minimum absolute atomic E-state index is 0.0573. The minimum atomic E-state index is -4.55. The first kappa shape index (κ1) is 21.2. The van der Waals surface area contributed by atoms with Crippen LogP contribution in [0.15, 0.2) is 0 Å². The van der Waals surface area contributed by atoms with Crippen molar-refractivity contribution >= 4 is 19.6 Å². The standard InChI is InChI=1S/C12H24NO8P/c1-10(15)7-12(16)21-11(8-14)9-20-22(17,18)19-6-5-13(2,3)4/h11,14H,5-9H2,1-4H3. The molecule has 0 radical (unpaired) electrons. The van der Waals surface area contributed by atoms with Gasteiger partial charge in [0.05, 0.1) is 34.4 Å². The molecule has 0 saturated carbocycles. The molecule has 0 bridgehead atoms. The highest BCUT2D eigenvalue weighted by Crippen LogP contribution is 2.38. The molecule has 0 rings (SSSR count). The first-order chi connectivity index (χ1) is 9.95. The number of nitrogens with zero attached hydrogens (tertiary/aromatic N) is 1. The number of quaternary nitrogens is 1. The van der Waals surface area contributed by atoms with Gasteiger partial charge in [-0.3, -0.25) is 14.2 Å². The summed E-state index contributed by atoms with van der Waals surface area (Å²) >= 11 is 0. The van der Waals surface area contributed by atoms with E-state index in [0.29, 0.717) is 11.0 Å². The number of ether oxygens (including phenoxy) is 1. The first-order valence-corrected chi connectivity index (χ1v) is 8.11. The van der Waals surface area contributed by atoms with Crippen LogP contribution in [-0.2, 0) is 27.9 Å². The van der Waals surface area contributed by atoms with Crippen molar-refractivity contribution in [1.29, 1.82) is 0 Å². The summed E-state index contributed by atoms with van der Waals surface area (Å²) in [5.74, 6) is -1.26. The normalized spacial score (nSPS) is 15.9. The second kappa shape index (κ2) is 9.34. The van der Waals surface area contributed by atoms with E-state index >= 15 is 0 Å². The summed E-state index contributed by atoms with van der Waals surface area (Å²) in [4.78, 5) is 33.5. The van der Waals surface area contributed by atoms with Crippen LogP contribution in [0.25, 0.3) is 0 Å². The lowest BCUT2D eigenvalue weighted by molar-refractivity contribution is -0.870. The van der Waals surface area contributed by atoms with E-state index < -0.39 is 45.3 Å². The van der Waals surface area contributed by atoms with Crippen LogP contribution in [0.2, 0.25) is 0 Å². The molecule has 0 amide bonds. The highest BCUT2D eigenvalue weighted by Gasteiger charge is 2.19. The van der Waals surface area contributed by atoms with Crippen LogP contribution >= 0.6 is 7.82 Å². The lowest BCUT2D eigenvalue weighted by Gasteiger charge is -2.28. The largest absolute Gasteiger partial charge is 0.756 e. The molecule has 10 heteroatoms. The monoisotopic (exact) mass is 341 g/mol. The number of likely N-dealkylation sites (N-methyl/N-ethyl adjacent to an activating group) is 1. The predicted molar refractivity (Wildman–Crippen MR) is 74.7 cm³/mol. The fourth-order valence-electron chi connectivity index (χ4n) is 1.19. The number of carbonyl (C=O) groups is 2. The van der Waals surface area contributed by atoms with Gasteiger partial charge in [0.25, 0.3) is 7.82 Å². The van der Waals surface area contributed by atoms with Crippen molar-refractivity contribution in [2.24, 2.45) is 0 Å². The highest BCUT2D eigenvalue weighted by molar-refractivity contribution is 7.45. The van der Waals surface area contributed by atoms with Gasteiger partial charge in [-0.1, -0.05) is 0 Å². The molecule has 2 atom stereocenters. The van der Waals surface area contributed by atoms with Crippen molar-refractivity contribution in [2.45, 2.75) is 19.4 Å². The fraction of sp³-hybridized carbons (Fsp3) is 0.833. The van der Waals surface area contributed by atoms with Gasteiger partial charge in [-0.25, -0.2) is 0 Å². The third-order valence-electron chi connectivity index (χ3n) is 2.33. The van der Waals surface area contributed by atoms with Crippen LogP contribution in [0, 0.1) is 0 Å². The molecule has 0 spiro atoms. The molecule has 22 heavy (non-hydrogen) atoms. The number of rotatable bonds is 11. The van der Waals surface area contributed by atoms with Crippen LogP contribution < -0.4 is 4.89 Å². The molecule has 0 heterocycles. The maximum Gasteiger partial charge on any atom is 0.313 e. The third kappa shape index (κ3) is 11.8. The van der Waals surface area contributed by atoms with Crippen LogP contribution in [0.1, 0.15) is 13.3 Å². The van der Waals surface area contributed by atoms with Crippen molar-refractivity contribution in [3.8, 4) is 0 Å². The molecular weight excluding hydrogens is 317 g/mol. The van der Waals surface area contributed by atoms with Gasteiger partial charge in [-0.15, -0.1) is 0 Å². The molecule has 0 saturated heterocycles. The van der Waals surface area contributed by atoms with Gasteiger partial charge in [0.15, 0.2) is 0 Å². The summed E-state index contributed by atoms with van der Waals surface area (Å²) in [5, 5.41) is 9.01. The number of hydrogen-bond acceptors (Lipinski definition) is 8. The lowest BCUT2D eigenvalue weighted by Crippen LogP contribution is -2.37. The molecule has 0 aliphatic carbocycles. The van der Waals surface area contributed by atoms with Gasteiger partial charge >= 0.3 is 5.97 Å². The molecule has 0 aromatic rings. The average Bonchev–Trinajstić information content (AvgIpc) is 2.31. The Hall–Kier alpha value is -0.830. The Morgan fingerprint density at radius 1 is 1.27 bits per heavy atom. The van der Waals surface area contributed by atoms with E-state index in [4.69, 9.17) is 9.84 Å². The Morgan fingerprint density at radius 3 is 2.32 bits per heavy atom. The molecular formula is C12H24NO8P. The van der Waals surface area contributed by atoms with Gasteiger partial charge in [0.2, 0.25) is 0 Å². The van der Waals surface area contributed by atoms with Crippen molar-refractivity contribution in [3.05, 3.63) is 0 Å². The van der Waals surface area contributed by atoms with Crippen LogP contribution in [0.5, 0.6) is 0 Å². The molecule has 0 aliphatic rings. The van der Waals surface area contributed by atoms with Gasteiger partial charge in [-0.2, -0.15) is 0 Å². The quantitative estimate of drug-likeness (QED) is 0.221. The Balaban J connectivity index is 4.22. The summed E-state index contributed by atoms with van der Waals surface area (Å²) < 4.78 is 25.9. The summed E-state index contributed by atoms with van der Waals surface area (Å²) in [6, 6.07) is 0. The van der Waals surface area contributed by atoms with Crippen LogP contribution in [0.3, 0.4) is 0 Å². The fourth-order valence-corrected chi connectivity index (χ4v) is 1.92. The third-order valence-corrected chi connectivity index (χ3v) is 3.29. The summed E-state index contributed by atoms with van der Waals surface area (Å²) in [5.41, 5.74) is 0. The smallest absolute Gasteiger partial charge is 0.313 e. The Labute approximate surface area is 130 Å². The minimum Gasteiger partial charge on any atom is -0.756 e. The molecule has 9 nitrogen and oxygen atoms in total. The van der Waals surface area contributed by atoms with E-state index in [0.717, 1.165) is 0 Å². The number of hydrogen-bond donors (Lipinski definition) is 1. The number of phosphoric ester groups is 1. The highest BCUT2D eigenvalue weighted by atomic mass is 31.2. The maximum absolute atomic E-state index is 11.5. The number of phosphoric acid groups is 1. The van der Waals surface area contributed by atoms with Gasteiger partial charge < -0.3 is 28.3 Å². The van der Waals surface area contributed by atoms with E-state index in [1.165, 1.54) is 6.92 Å². The number of aliphatic hydroxyl groups is 1. The molecule has 130 valence electrons. The number of aliphatic hydroxyl groups excluding tert-OH is 1. The molecule has 0 aromatic carbocycles. The maximum atomic E-state index is 11.5. The molecule has 0 fully saturated rings. The zero-order valence-electron chi connectivity index (χ0n) is 13.3. The number of carbonyl (C=O) groups excluding carboxylic acids is 2. The van der Waals surface area contributed by atoms with E-state index in [-0.39, 0.29) is 6.61 Å². The van der Waals surface area contributed by atoms with Gasteiger partial charge in [-0.05, 0) is 6.92 Å². The van der Waals surface area contributed by atoms with E-state index in [1.54, 1.807) is 0 Å². The molecule has 0 aromatic heterocycles. The first-order valence-electron chi connectivity index (χ1n) is 6.65. The Bertz CT molecular complexity index is 420. The van der Waals surface area contributed by atoms with Gasteiger partial charge in [0, 0.05) is 0 Å². The molecule has 0 aliphatic heterocycles. The van der Waals surface area contributed by atoms with Crippen molar-refractivity contribution in [1.82, 2.24) is 0 Å². The van der Waals surface area contributed by atoms with Crippen LogP contribution in [0.4, 0.5) is 0 Å². The van der Waals surface area contributed by atoms with E-state index in [1.807, 2.05) is 21.1 Å². The molecule has 2 unspecified atom stereocenters. The predicted octanol–water partition coefficient (Wildman–Crippen LogP) is -0.923. The summed E-state index contributed by atoms with van der Waals surface area (Å²) in [7, 11) is 1.07. The second-order valence-corrected chi connectivity index (χ2v) is 7.17. The van der Waals surface area contributed by atoms with Crippen molar-refractivity contribution in [3.63, 3.8) is 0 Å².